The summed E-state index contributed by atoms with van der Waals surface area (Å²) >= 11 is 0. The highest BCUT2D eigenvalue weighted by Gasteiger charge is 2.53. The summed E-state index contributed by atoms with van der Waals surface area (Å²) < 4.78 is 43.0. The van der Waals surface area contributed by atoms with Gasteiger partial charge in [0.1, 0.15) is 12.1 Å². The molecule has 1 aliphatic heterocycles. The predicted octanol–water partition coefficient (Wildman–Crippen LogP) is 4.10. The lowest BCUT2D eigenvalue weighted by molar-refractivity contribution is -0.155. The maximum Gasteiger partial charge on any atom is 0.416 e. The fourth-order valence-corrected chi connectivity index (χ4v) is 4.54. The number of hydrogen-bond donors (Lipinski definition) is 2. The van der Waals surface area contributed by atoms with Gasteiger partial charge in [0.25, 0.3) is 11.8 Å². The number of nitrogens with one attached hydrogen (secondary N) is 2. The molecule has 4 amide bonds. The van der Waals surface area contributed by atoms with Crippen LogP contribution in [0.4, 0.5) is 23.7 Å². The number of nitrogens with zero attached hydrogens (tertiary/aromatic N) is 1. The Morgan fingerprint density at radius 3 is 2.23 bits per heavy atom. The molecule has 1 spiro atoms. The van der Waals surface area contributed by atoms with Gasteiger partial charge in [-0.15, -0.1) is 0 Å². The molecular weight excluding hydrogens is 467 g/mol. The van der Waals surface area contributed by atoms with Crippen molar-refractivity contribution in [2.45, 2.75) is 71.2 Å². The minimum Gasteiger partial charge on any atom is -0.451 e. The first-order valence-corrected chi connectivity index (χ1v) is 11.4. The van der Waals surface area contributed by atoms with Gasteiger partial charge in [-0.2, -0.15) is 13.2 Å². The lowest BCUT2D eigenvalue weighted by Crippen LogP contribution is -2.50. The third kappa shape index (κ3) is 5.94. The quantitative estimate of drug-likeness (QED) is 0.471. The molecule has 2 N–H and O–H groups in total. The Labute approximate surface area is 201 Å². The Bertz CT molecular complexity index is 993. The Morgan fingerprint density at radius 2 is 1.71 bits per heavy atom. The standard InChI is InChI=1S/C24H30F3N3O5/c1-14(19(32)28-17-7-5-16(6-8-17)24(25,26)27)35-18(31)13-30-20(33)23(29-21(30)34)11-9-15(10-12-23)22(2,3)4/h5-8,14-15H,9-13H2,1-4H3,(H,28,32)(H,29,34)/t14-,15?,23?/m1/s1. The average molecular weight is 498 g/mol. The molecule has 192 valence electrons. The molecule has 0 bridgehead atoms. The molecule has 11 heteroatoms. The predicted molar refractivity (Wildman–Crippen MR) is 120 cm³/mol. The lowest BCUT2D eigenvalue weighted by Gasteiger charge is -2.40. The highest BCUT2D eigenvalue weighted by Crippen LogP contribution is 2.43. The highest BCUT2D eigenvalue weighted by atomic mass is 19.4. The van der Waals surface area contributed by atoms with E-state index in [1.807, 2.05) is 0 Å². The third-order valence-corrected chi connectivity index (χ3v) is 6.75. The van der Waals surface area contributed by atoms with Crippen LogP contribution in [0.3, 0.4) is 0 Å². The van der Waals surface area contributed by atoms with Gasteiger partial charge in [-0.3, -0.25) is 19.3 Å². The molecular formula is C24H30F3N3O5. The minimum absolute atomic E-state index is 0.0906. The zero-order chi connectivity index (χ0) is 26.2. The monoisotopic (exact) mass is 497 g/mol. The van der Waals surface area contributed by atoms with Crippen LogP contribution in [0.15, 0.2) is 24.3 Å². The second-order valence-electron chi connectivity index (χ2n) is 10.2. The maximum absolute atomic E-state index is 13.0. The molecule has 3 rings (SSSR count). The lowest BCUT2D eigenvalue weighted by atomic mass is 9.67. The molecule has 8 nitrogen and oxygen atoms in total. The van der Waals surface area contributed by atoms with Crippen LogP contribution < -0.4 is 10.6 Å². The number of alkyl halides is 3. The van der Waals surface area contributed by atoms with Gasteiger partial charge in [-0.05, 0) is 68.2 Å². The number of carbonyl (C=O) groups excluding carboxylic acids is 4. The summed E-state index contributed by atoms with van der Waals surface area (Å²) in [7, 11) is 0. The van der Waals surface area contributed by atoms with Crippen LogP contribution in [0, 0.1) is 11.3 Å². The van der Waals surface area contributed by atoms with E-state index in [1.165, 1.54) is 6.92 Å². The van der Waals surface area contributed by atoms with Gasteiger partial charge in [0.15, 0.2) is 6.10 Å². The van der Waals surface area contributed by atoms with Gasteiger partial charge < -0.3 is 15.4 Å². The SMILES string of the molecule is C[C@@H](OC(=O)CN1C(=O)NC2(CCC(C(C)(C)C)CC2)C1=O)C(=O)Nc1ccc(C(F)(F)F)cc1. The smallest absolute Gasteiger partial charge is 0.416 e. The van der Waals surface area contributed by atoms with Crippen molar-refractivity contribution < 1.29 is 37.1 Å². The molecule has 0 aromatic heterocycles. The molecule has 1 heterocycles. The molecule has 2 fully saturated rings. The van der Waals surface area contributed by atoms with Crippen molar-refractivity contribution in [3.05, 3.63) is 29.8 Å². The molecule has 35 heavy (non-hydrogen) atoms. The van der Waals surface area contributed by atoms with E-state index in [1.54, 1.807) is 0 Å². The van der Waals surface area contributed by atoms with E-state index in [0.29, 0.717) is 18.8 Å². The fraction of sp³-hybridized carbons (Fsp3) is 0.583. The van der Waals surface area contributed by atoms with Crippen LogP contribution in [-0.4, -0.2) is 46.9 Å². The first-order valence-electron chi connectivity index (χ1n) is 11.4. The number of imide groups is 1. The molecule has 1 saturated carbocycles. The second kappa shape index (κ2) is 9.50. The van der Waals surface area contributed by atoms with Crippen molar-refractivity contribution >= 4 is 29.5 Å². The Balaban J connectivity index is 1.53. The Morgan fingerprint density at radius 1 is 1.14 bits per heavy atom. The average Bonchev–Trinajstić information content (AvgIpc) is 2.97. The number of amides is 4. The number of esters is 1. The van der Waals surface area contributed by atoms with Crippen molar-refractivity contribution in [3.8, 4) is 0 Å². The van der Waals surface area contributed by atoms with Crippen molar-refractivity contribution in [1.82, 2.24) is 10.2 Å². The molecule has 0 radical (unpaired) electrons. The van der Waals surface area contributed by atoms with Crippen LogP contribution in [0.1, 0.15) is 58.9 Å². The number of halogens is 3. The topological polar surface area (TPSA) is 105 Å². The van der Waals surface area contributed by atoms with Crippen molar-refractivity contribution in [3.63, 3.8) is 0 Å². The molecule has 1 aromatic rings. The van der Waals surface area contributed by atoms with Crippen molar-refractivity contribution in [2.75, 3.05) is 11.9 Å². The zero-order valence-electron chi connectivity index (χ0n) is 20.1. The number of rotatable bonds is 5. The van der Waals surface area contributed by atoms with Crippen LogP contribution in [0.25, 0.3) is 0 Å². The van der Waals surface area contributed by atoms with Crippen LogP contribution >= 0.6 is 0 Å². The number of ether oxygens (including phenoxy) is 1. The van der Waals surface area contributed by atoms with Crippen LogP contribution in [0.2, 0.25) is 0 Å². The third-order valence-electron chi connectivity index (χ3n) is 6.75. The summed E-state index contributed by atoms with van der Waals surface area (Å²) in [6.45, 7) is 7.05. The summed E-state index contributed by atoms with van der Waals surface area (Å²) in [5.74, 6) is -1.79. The second-order valence-corrected chi connectivity index (χ2v) is 10.2. The molecule has 1 aliphatic carbocycles. The summed E-state index contributed by atoms with van der Waals surface area (Å²) in [6, 6.07) is 3.11. The van der Waals surface area contributed by atoms with Gasteiger partial charge in [-0.25, -0.2) is 4.79 Å². The van der Waals surface area contributed by atoms with E-state index in [2.05, 4.69) is 31.4 Å². The van der Waals surface area contributed by atoms with Gasteiger partial charge in [0.05, 0.1) is 5.56 Å². The van der Waals surface area contributed by atoms with Crippen molar-refractivity contribution in [2.24, 2.45) is 11.3 Å². The molecule has 0 unspecified atom stereocenters. The van der Waals surface area contributed by atoms with Crippen LogP contribution in [0.5, 0.6) is 0 Å². The molecule has 1 aromatic carbocycles. The normalized spacial score (nSPS) is 23.7. The fourth-order valence-electron chi connectivity index (χ4n) is 4.54. The van der Waals surface area contributed by atoms with Crippen molar-refractivity contribution in [1.29, 1.82) is 0 Å². The highest BCUT2D eigenvalue weighted by molar-refractivity contribution is 6.08. The van der Waals surface area contributed by atoms with Gasteiger partial charge in [-0.1, -0.05) is 20.8 Å². The van der Waals surface area contributed by atoms with Crippen LogP contribution in [-0.2, 0) is 25.3 Å². The summed E-state index contributed by atoms with van der Waals surface area (Å²) in [4.78, 5) is 50.9. The number of carbonyl (C=O) groups is 4. The maximum atomic E-state index is 13.0. The molecule has 1 saturated heterocycles. The van der Waals surface area contributed by atoms with Gasteiger partial charge in [0, 0.05) is 5.69 Å². The summed E-state index contributed by atoms with van der Waals surface area (Å²) in [5.41, 5.74) is -1.71. The van der Waals surface area contributed by atoms with E-state index in [-0.39, 0.29) is 11.1 Å². The summed E-state index contributed by atoms with van der Waals surface area (Å²) in [5, 5.41) is 5.10. The Kier molecular flexibility index (Phi) is 7.19. The Hall–Kier alpha value is -3.11. The molecule has 2 aliphatic rings. The van der Waals surface area contributed by atoms with E-state index in [0.717, 1.165) is 42.0 Å². The molecule has 1 atom stereocenters. The van der Waals surface area contributed by atoms with E-state index >= 15 is 0 Å². The summed E-state index contributed by atoms with van der Waals surface area (Å²) in [6.07, 6.45) is -3.30. The van der Waals surface area contributed by atoms with Gasteiger partial charge >= 0.3 is 18.2 Å². The minimum atomic E-state index is -4.50. The number of anilines is 1. The first kappa shape index (κ1) is 26.5. The number of benzene rings is 1. The van der Waals surface area contributed by atoms with E-state index in [4.69, 9.17) is 4.74 Å². The largest absolute Gasteiger partial charge is 0.451 e. The number of hydrogen-bond acceptors (Lipinski definition) is 5. The first-order chi connectivity index (χ1) is 16.1. The van der Waals surface area contributed by atoms with Gasteiger partial charge in [0.2, 0.25) is 0 Å². The number of urea groups is 1. The van der Waals surface area contributed by atoms with E-state index < -0.39 is 53.7 Å². The van der Waals surface area contributed by atoms with E-state index in [9.17, 15) is 32.3 Å². The zero-order valence-corrected chi connectivity index (χ0v) is 20.1.